The van der Waals surface area contributed by atoms with Gasteiger partial charge < -0.3 is 5.32 Å². The maximum Gasteiger partial charge on any atom is 0.254 e. The van der Waals surface area contributed by atoms with E-state index in [9.17, 15) is 4.79 Å². The molecule has 3 rings (SSSR count). The first kappa shape index (κ1) is 17.0. The normalized spacial score (nSPS) is 11.8. The fourth-order valence-corrected chi connectivity index (χ4v) is 2.48. The summed E-state index contributed by atoms with van der Waals surface area (Å²) in [4.78, 5) is 24.7. The largest absolute Gasteiger partial charge is 0.351 e. The third-order valence-corrected chi connectivity index (χ3v) is 4.11. The first-order valence-electron chi connectivity index (χ1n) is 7.89. The first-order valence-corrected chi connectivity index (χ1v) is 8.27. The van der Waals surface area contributed by atoms with Crippen LogP contribution in [0, 0.1) is 0 Å². The van der Waals surface area contributed by atoms with Crippen LogP contribution in [0.2, 0.25) is 5.02 Å². The van der Waals surface area contributed by atoms with Gasteiger partial charge in [-0.3, -0.25) is 9.78 Å². The average Bonchev–Trinajstić information content (AvgIpc) is 2.67. The highest BCUT2D eigenvalue weighted by Gasteiger charge is 2.11. The fraction of sp³-hybridized carbons (Fsp3) is 0.158. The van der Waals surface area contributed by atoms with Gasteiger partial charge >= 0.3 is 0 Å². The molecule has 0 radical (unpaired) electrons. The summed E-state index contributed by atoms with van der Waals surface area (Å²) in [6.07, 6.45) is 6.42. The smallest absolute Gasteiger partial charge is 0.254 e. The fourth-order valence-electron chi connectivity index (χ4n) is 2.35. The van der Waals surface area contributed by atoms with Gasteiger partial charge in [-0.1, -0.05) is 30.7 Å². The van der Waals surface area contributed by atoms with Crippen LogP contribution in [0.25, 0.3) is 11.4 Å². The second-order valence-electron chi connectivity index (χ2n) is 5.69. The number of nitrogens with zero attached hydrogens (tertiary/aromatic N) is 3. The van der Waals surface area contributed by atoms with Crippen molar-refractivity contribution in [2.75, 3.05) is 6.54 Å². The number of benzene rings is 1. The molecule has 1 N–H and O–H groups in total. The highest BCUT2D eigenvalue weighted by Crippen LogP contribution is 2.17. The molecule has 2 aromatic heterocycles. The molecule has 126 valence electrons. The van der Waals surface area contributed by atoms with Crippen molar-refractivity contribution in [3.8, 4) is 11.4 Å². The Kier molecular flexibility index (Phi) is 5.36. The van der Waals surface area contributed by atoms with Crippen LogP contribution in [0.5, 0.6) is 0 Å². The van der Waals surface area contributed by atoms with Crippen LogP contribution < -0.4 is 5.32 Å². The monoisotopic (exact) mass is 352 g/mol. The van der Waals surface area contributed by atoms with Crippen molar-refractivity contribution in [3.63, 3.8) is 0 Å². The number of carbonyl (C=O) groups excluding carboxylic acids is 1. The summed E-state index contributed by atoms with van der Waals surface area (Å²) in [6.45, 7) is 2.57. The number of hydrogen-bond donors (Lipinski definition) is 1. The minimum absolute atomic E-state index is 0.179. The van der Waals surface area contributed by atoms with Gasteiger partial charge in [0.05, 0.1) is 5.56 Å². The van der Waals surface area contributed by atoms with E-state index in [0.717, 1.165) is 11.1 Å². The van der Waals surface area contributed by atoms with E-state index in [1.807, 2.05) is 43.3 Å². The van der Waals surface area contributed by atoms with Crippen molar-refractivity contribution in [2.45, 2.75) is 12.8 Å². The molecule has 0 bridgehead atoms. The predicted octanol–water partition coefficient (Wildman–Crippen LogP) is 3.73. The third-order valence-electron chi connectivity index (χ3n) is 3.86. The minimum atomic E-state index is -0.193. The molecule has 2 heterocycles. The van der Waals surface area contributed by atoms with E-state index < -0.39 is 0 Å². The Morgan fingerprint density at radius 2 is 1.72 bits per heavy atom. The SMILES string of the molecule is CC(CNC(=O)c1cnc(-c2ccncc2)nc1)c1ccc(Cl)cc1. The molecule has 0 aliphatic heterocycles. The van der Waals surface area contributed by atoms with E-state index in [-0.39, 0.29) is 11.8 Å². The van der Waals surface area contributed by atoms with Crippen molar-refractivity contribution in [1.82, 2.24) is 20.3 Å². The van der Waals surface area contributed by atoms with Gasteiger partial charge in [0.2, 0.25) is 0 Å². The summed E-state index contributed by atoms with van der Waals surface area (Å²) in [5.74, 6) is 0.550. The number of nitrogens with one attached hydrogen (secondary N) is 1. The zero-order chi connectivity index (χ0) is 17.6. The van der Waals surface area contributed by atoms with E-state index in [1.54, 1.807) is 12.4 Å². The highest BCUT2D eigenvalue weighted by atomic mass is 35.5. The Balaban J connectivity index is 1.60. The van der Waals surface area contributed by atoms with Crippen molar-refractivity contribution in [2.24, 2.45) is 0 Å². The van der Waals surface area contributed by atoms with Crippen LogP contribution >= 0.6 is 11.6 Å². The number of aromatic nitrogens is 3. The molecular weight excluding hydrogens is 336 g/mol. The van der Waals surface area contributed by atoms with Crippen LogP contribution in [0.4, 0.5) is 0 Å². The standard InChI is InChI=1S/C19H17ClN4O/c1-13(14-2-4-17(20)5-3-14)10-24-19(25)16-11-22-18(23-12-16)15-6-8-21-9-7-15/h2-9,11-13H,10H2,1H3,(H,24,25). The van der Waals surface area contributed by atoms with E-state index in [0.29, 0.717) is 23.0 Å². The molecule has 0 fully saturated rings. The summed E-state index contributed by atoms with van der Waals surface area (Å²) < 4.78 is 0. The summed E-state index contributed by atoms with van der Waals surface area (Å²) >= 11 is 5.89. The van der Waals surface area contributed by atoms with Gasteiger partial charge in [0.15, 0.2) is 5.82 Å². The molecule has 6 heteroatoms. The molecule has 25 heavy (non-hydrogen) atoms. The molecule has 1 amide bonds. The van der Waals surface area contributed by atoms with E-state index >= 15 is 0 Å². The van der Waals surface area contributed by atoms with Crippen LogP contribution in [0.15, 0.2) is 61.2 Å². The zero-order valence-corrected chi connectivity index (χ0v) is 14.4. The Labute approximate surface area is 151 Å². The van der Waals surface area contributed by atoms with Crippen molar-refractivity contribution in [1.29, 1.82) is 0 Å². The number of halogens is 1. The molecule has 0 saturated carbocycles. The number of carbonyl (C=O) groups is 1. The Morgan fingerprint density at radius 3 is 2.36 bits per heavy atom. The van der Waals surface area contributed by atoms with E-state index in [1.165, 1.54) is 12.4 Å². The molecule has 1 unspecified atom stereocenters. The number of hydrogen-bond acceptors (Lipinski definition) is 4. The molecule has 0 spiro atoms. The molecule has 5 nitrogen and oxygen atoms in total. The topological polar surface area (TPSA) is 67.8 Å². The van der Waals surface area contributed by atoms with Crippen LogP contribution in [-0.2, 0) is 0 Å². The molecular formula is C19H17ClN4O. The Hall–Kier alpha value is -2.79. The van der Waals surface area contributed by atoms with Gasteiger partial charge in [-0.25, -0.2) is 9.97 Å². The summed E-state index contributed by atoms with van der Waals surface area (Å²) in [7, 11) is 0. The zero-order valence-electron chi connectivity index (χ0n) is 13.7. The summed E-state index contributed by atoms with van der Waals surface area (Å²) in [5.41, 5.74) is 2.41. The lowest BCUT2D eigenvalue weighted by molar-refractivity contribution is 0.0951. The molecule has 3 aromatic rings. The van der Waals surface area contributed by atoms with Crippen molar-refractivity contribution in [3.05, 3.63) is 77.3 Å². The van der Waals surface area contributed by atoms with Gasteiger partial charge in [0.25, 0.3) is 5.91 Å². The van der Waals surface area contributed by atoms with Crippen molar-refractivity contribution < 1.29 is 4.79 Å². The molecule has 0 saturated heterocycles. The molecule has 1 aromatic carbocycles. The minimum Gasteiger partial charge on any atom is -0.351 e. The summed E-state index contributed by atoms with van der Waals surface area (Å²) in [6, 6.07) is 11.3. The van der Waals surface area contributed by atoms with Gasteiger partial charge in [-0.05, 0) is 35.7 Å². The highest BCUT2D eigenvalue weighted by molar-refractivity contribution is 6.30. The average molecular weight is 353 g/mol. The Morgan fingerprint density at radius 1 is 1.08 bits per heavy atom. The molecule has 0 aliphatic carbocycles. The molecule has 1 atom stereocenters. The summed E-state index contributed by atoms with van der Waals surface area (Å²) in [5, 5.41) is 3.61. The van der Waals surface area contributed by atoms with Gasteiger partial charge in [0, 0.05) is 41.9 Å². The first-order chi connectivity index (χ1) is 12.1. The van der Waals surface area contributed by atoms with Crippen LogP contribution in [0.1, 0.15) is 28.8 Å². The predicted molar refractivity (Wildman–Crippen MR) is 97.5 cm³/mol. The maximum absolute atomic E-state index is 12.3. The van der Waals surface area contributed by atoms with Crippen LogP contribution in [-0.4, -0.2) is 27.4 Å². The lowest BCUT2D eigenvalue weighted by atomic mass is 10.0. The Bertz CT molecular complexity index is 836. The number of amides is 1. The van der Waals surface area contributed by atoms with Gasteiger partial charge in [-0.15, -0.1) is 0 Å². The van der Waals surface area contributed by atoms with Gasteiger partial charge in [-0.2, -0.15) is 0 Å². The van der Waals surface area contributed by atoms with E-state index in [2.05, 4.69) is 20.3 Å². The maximum atomic E-state index is 12.3. The second kappa shape index (κ2) is 7.85. The lowest BCUT2D eigenvalue weighted by Crippen LogP contribution is -2.27. The van der Waals surface area contributed by atoms with Crippen molar-refractivity contribution >= 4 is 17.5 Å². The second-order valence-corrected chi connectivity index (χ2v) is 6.13. The third kappa shape index (κ3) is 4.39. The number of pyridine rings is 1. The lowest BCUT2D eigenvalue weighted by Gasteiger charge is -2.13. The quantitative estimate of drug-likeness (QED) is 0.759. The number of rotatable bonds is 5. The van der Waals surface area contributed by atoms with E-state index in [4.69, 9.17) is 11.6 Å². The van der Waals surface area contributed by atoms with Gasteiger partial charge in [0.1, 0.15) is 0 Å². The van der Waals surface area contributed by atoms with Crippen LogP contribution in [0.3, 0.4) is 0 Å². The molecule has 0 aliphatic rings.